The zero-order valence-electron chi connectivity index (χ0n) is 6.00. The second-order valence-corrected chi connectivity index (χ2v) is 3.10. The van der Waals surface area contributed by atoms with Crippen molar-refractivity contribution in [2.24, 2.45) is 11.7 Å². The quantitative estimate of drug-likeness (QED) is 0.604. The van der Waals surface area contributed by atoms with Crippen LogP contribution in [0.1, 0.15) is 6.92 Å². The van der Waals surface area contributed by atoms with Gasteiger partial charge in [-0.15, -0.1) is 0 Å². The molecule has 0 fully saturated rings. The predicted octanol–water partition coefficient (Wildman–Crippen LogP) is 0.305. The van der Waals surface area contributed by atoms with Gasteiger partial charge in [-0.05, 0) is 25.5 Å². The minimum absolute atomic E-state index is 0.262. The lowest BCUT2D eigenvalue weighted by Crippen LogP contribution is -2.27. The van der Waals surface area contributed by atoms with Gasteiger partial charge in [0.15, 0.2) is 0 Å². The third kappa shape index (κ3) is 3.78. The maximum Gasteiger partial charge on any atom is 0.0560 e. The Hall–Kier alpha value is 0.270. The average molecular weight is 149 g/mol. The predicted molar refractivity (Wildman–Crippen MR) is 42.6 cm³/mol. The third-order valence-corrected chi connectivity index (χ3v) is 2.13. The van der Waals surface area contributed by atoms with Crippen molar-refractivity contribution in [3.8, 4) is 0 Å². The van der Waals surface area contributed by atoms with Gasteiger partial charge in [-0.3, -0.25) is 0 Å². The highest BCUT2D eigenvalue weighted by atomic mass is 32.2. The van der Waals surface area contributed by atoms with E-state index in [1.165, 1.54) is 0 Å². The fraction of sp³-hybridized carbons (Fsp3) is 1.00. The van der Waals surface area contributed by atoms with Crippen molar-refractivity contribution in [3.05, 3.63) is 0 Å². The number of thioether (sulfide) groups is 1. The molecule has 0 amide bonds. The van der Waals surface area contributed by atoms with Crippen molar-refractivity contribution in [1.29, 1.82) is 0 Å². The van der Waals surface area contributed by atoms with Crippen LogP contribution >= 0.6 is 11.8 Å². The molecule has 0 saturated carbocycles. The summed E-state index contributed by atoms with van der Waals surface area (Å²) in [6.07, 6.45) is 1.76. The molecule has 0 radical (unpaired) electrons. The second-order valence-electron chi connectivity index (χ2n) is 2.19. The van der Waals surface area contributed by atoms with Crippen molar-refractivity contribution < 1.29 is 5.11 Å². The maximum absolute atomic E-state index is 9.05. The van der Waals surface area contributed by atoms with E-state index >= 15 is 0 Å². The van der Waals surface area contributed by atoms with E-state index in [1.54, 1.807) is 18.7 Å². The highest BCUT2D eigenvalue weighted by Crippen LogP contribution is 2.07. The molecule has 0 aromatic rings. The molecule has 3 N–H and O–H groups in total. The van der Waals surface area contributed by atoms with Gasteiger partial charge >= 0.3 is 0 Å². The summed E-state index contributed by atoms with van der Waals surface area (Å²) in [5.41, 5.74) is 5.39. The summed E-state index contributed by atoms with van der Waals surface area (Å²) in [4.78, 5) is 0. The molecule has 0 aromatic heterocycles. The normalized spacial score (nSPS) is 17.3. The Labute approximate surface area is 60.8 Å². The minimum atomic E-state index is -0.262. The smallest absolute Gasteiger partial charge is 0.0560 e. The van der Waals surface area contributed by atoms with E-state index in [4.69, 9.17) is 10.8 Å². The van der Waals surface area contributed by atoms with Crippen molar-refractivity contribution in [1.82, 2.24) is 0 Å². The van der Waals surface area contributed by atoms with Crippen LogP contribution in [0.2, 0.25) is 0 Å². The SMILES string of the molecule is CSC[C@@H](CN)C(C)O. The van der Waals surface area contributed by atoms with Gasteiger partial charge in [0, 0.05) is 5.92 Å². The molecule has 9 heavy (non-hydrogen) atoms. The second kappa shape index (κ2) is 5.09. The number of rotatable bonds is 4. The summed E-state index contributed by atoms with van der Waals surface area (Å²) in [6, 6.07) is 0. The van der Waals surface area contributed by atoms with Crippen LogP contribution in [0.5, 0.6) is 0 Å². The summed E-state index contributed by atoms with van der Waals surface area (Å²) in [6.45, 7) is 2.37. The molecule has 2 nitrogen and oxygen atoms in total. The molecule has 0 aliphatic heterocycles. The molecule has 0 bridgehead atoms. The Morgan fingerprint density at radius 3 is 2.33 bits per heavy atom. The van der Waals surface area contributed by atoms with E-state index < -0.39 is 0 Å². The molecule has 0 heterocycles. The molecule has 0 saturated heterocycles. The monoisotopic (exact) mass is 149 g/mol. The zero-order chi connectivity index (χ0) is 7.28. The summed E-state index contributed by atoms with van der Waals surface area (Å²) in [5, 5.41) is 9.05. The van der Waals surface area contributed by atoms with Crippen LogP contribution in [-0.4, -0.2) is 29.8 Å². The van der Waals surface area contributed by atoms with Crippen molar-refractivity contribution >= 4 is 11.8 Å². The topological polar surface area (TPSA) is 46.2 Å². The Morgan fingerprint density at radius 1 is 1.67 bits per heavy atom. The van der Waals surface area contributed by atoms with Crippen LogP contribution in [0.4, 0.5) is 0 Å². The van der Waals surface area contributed by atoms with Gasteiger partial charge in [0.1, 0.15) is 0 Å². The molecule has 0 aliphatic carbocycles. The Morgan fingerprint density at radius 2 is 2.22 bits per heavy atom. The van der Waals surface area contributed by atoms with Gasteiger partial charge in [-0.1, -0.05) is 0 Å². The minimum Gasteiger partial charge on any atom is -0.393 e. The first-order valence-electron chi connectivity index (χ1n) is 3.09. The maximum atomic E-state index is 9.05. The first-order chi connectivity index (χ1) is 4.22. The molecule has 0 aliphatic rings. The van der Waals surface area contributed by atoms with Gasteiger partial charge in [-0.2, -0.15) is 11.8 Å². The molecule has 0 rings (SSSR count). The summed E-state index contributed by atoms with van der Waals surface area (Å²) in [5.74, 6) is 1.22. The molecule has 56 valence electrons. The fourth-order valence-electron chi connectivity index (χ4n) is 0.618. The molecular weight excluding hydrogens is 134 g/mol. The lowest BCUT2D eigenvalue weighted by atomic mass is 10.1. The van der Waals surface area contributed by atoms with Crippen LogP contribution in [0.25, 0.3) is 0 Å². The summed E-state index contributed by atoms with van der Waals surface area (Å²) in [7, 11) is 0. The molecule has 2 atom stereocenters. The third-order valence-electron chi connectivity index (χ3n) is 1.37. The highest BCUT2D eigenvalue weighted by Gasteiger charge is 2.10. The van der Waals surface area contributed by atoms with Gasteiger partial charge in [-0.25, -0.2) is 0 Å². The average Bonchev–Trinajstić information content (AvgIpc) is 1.82. The van der Waals surface area contributed by atoms with Crippen molar-refractivity contribution in [3.63, 3.8) is 0 Å². The Bertz CT molecular complexity index is 68.1. The standard InChI is InChI=1S/C6H15NOS/c1-5(8)6(3-7)4-9-2/h5-6,8H,3-4,7H2,1-2H3/t5?,6-/m1/s1. The lowest BCUT2D eigenvalue weighted by Gasteiger charge is -2.15. The van der Waals surface area contributed by atoms with E-state index in [-0.39, 0.29) is 12.0 Å². The molecule has 3 heteroatoms. The highest BCUT2D eigenvalue weighted by molar-refractivity contribution is 7.98. The van der Waals surface area contributed by atoms with E-state index in [1.807, 2.05) is 6.26 Å². The fourth-order valence-corrected chi connectivity index (χ4v) is 1.46. The molecule has 1 unspecified atom stereocenters. The summed E-state index contributed by atoms with van der Waals surface area (Å²) >= 11 is 1.72. The van der Waals surface area contributed by atoms with E-state index in [0.29, 0.717) is 6.54 Å². The van der Waals surface area contributed by atoms with Crippen molar-refractivity contribution in [2.45, 2.75) is 13.0 Å². The van der Waals surface area contributed by atoms with Crippen molar-refractivity contribution in [2.75, 3.05) is 18.6 Å². The number of aliphatic hydroxyl groups excluding tert-OH is 1. The van der Waals surface area contributed by atoms with Crippen LogP contribution < -0.4 is 5.73 Å². The molecule has 0 aromatic carbocycles. The van der Waals surface area contributed by atoms with E-state index in [2.05, 4.69) is 0 Å². The number of aliphatic hydroxyl groups is 1. The number of nitrogens with two attached hydrogens (primary N) is 1. The Balaban J connectivity index is 3.41. The van der Waals surface area contributed by atoms with Gasteiger partial charge in [0.05, 0.1) is 6.10 Å². The van der Waals surface area contributed by atoms with Gasteiger partial charge in [0.2, 0.25) is 0 Å². The number of hydrogen-bond donors (Lipinski definition) is 2. The van der Waals surface area contributed by atoms with Gasteiger partial charge < -0.3 is 10.8 Å². The zero-order valence-corrected chi connectivity index (χ0v) is 6.82. The lowest BCUT2D eigenvalue weighted by molar-refractivity contribution is 0.141. The van der Waals surface area contributed by atoms with Gasteiger partial charge in [0.25, 0.3) is 0 Å². The van der Waals surface area contributed by atoms with E-state index in [9.17, 15) is 0 Å². The largest absolute Gasteiger partial charge is 0.393 e. The van der Waals surface area contributed by atoms with Crippen LogP contribution in [-0.2, 0) is 0 Å². The summed E-state index contributed by atoms with van der Waals surface area (Å²) < 4.78 is 0. The van der Waals surface area contributed by atoms with Crippen LogP contribution in [0.3, 0.4) is 0 Å². The van der Waals surface area contributed by atoms with Crippen LogP contribution in [0, 0.1) is 5.92 Å². The Kier molecular flexibility index (Phi) is 5.24. The molecular formula is C6H15NOS. The number of hydrogen-bond acceptors (Lipinski definition) is 3. The van der Waals surface area contributed by atoms with E-state index in [0.717, 1.165) is 5.75 Å². The molecule has 0 spiro atoms. The van der Waals surface area contributed by atoms with Crippen LogP contribution in [0.15, 0.2) is 0 Å². The first-order valence-corrected chi connectivity index (χ1v) is 4.48. The first kappa shape index (κ1) is 9.27.